The molecular weight excluding hydrogens is 208 g/mol. The lowest BCUT2D eigenvalue weighted by atomic mass is 9.85. The lowest BCUT2D eigenvalue weighted by Crippen LogP contribution is -2.66. The van der Waals surface area contributed by atoms with Crippen LogP contribution in [0.3, 0.4) is 0 Å². The molecule has 0 amide bonds. The maximum absolute atomic E-state index is 3.75. The molecule has 1 fully saturated rings. The van der Waals surface area contributed by atoms with Crippen LogP contribution in [0.2, 0.25) is 0 Å². The Morgan fingerprint density at radius 2 is 1.88 bits per heavy atom. The van der Waals surface area contributed by atoms with Crippen LogP contribution in [0.15, 0.2) is 0 Å². The Hall–Kier alpha value is -0.0800. The summed E-state index contributed by atoms with van der Waals surface area (Å²) in [7, 11) is 0. The zero-order chi connectivity index (χ0) is 12.9. The molecule has 0 bridgehead atoms. The van der Waals surface area contributed by atoms with Gasteiger partial charge in [-0.15, -0.1) is 0 Å². The molecule has 1 aliphatic heterocycles. The molecule has 2 heteroatoms. The fourth-order valence-electron chi connectivity index (χ4n) is 3.33. The van der Waals surface area contributed by atoms with Gasteiger partial charge >= 0.3 is 0 Å². The summed E-state index contributed by atoms with van der Waals surface area (Å²) in [6.07, 6.45) is 6.41. The topological polar surface area (TPSA) is 15.3 Å². The molecule has 0 aromatic rings. The first kappa shape index (κ1) is 15.0. The second-order valence-corrected chi connectivity index (χ2v) is 5.71. The van der Waals surface area contributed by atoms with Gasteiger partial charge in [-0.2, -0.15) is 0 Å². The summed E-state index contributed by atoms with van der Waals surface area (Å²) < 4.78 is 0. The van der Waals surface area contributed by atoms with E-state index in [1.54, 1.807) is 0 Å². The van der Waals surface area contributed by atoms with Crippen molar-refractivity contribution in [1.29, 1.82) is 0 Å². The molecule has 0 saturated carbocycles. The van der Waals surface area contributed by atoms with Crippen LogP contribution in [-0.4, -0.2) is 35.6 Å². The van der Waals surface area contributed by atoms with E-state index in [2.05, 4.69) is 44.8 Å². The van der Waals surface area contributed by atoms with Gasteiger partial charge in [-0.1, -0.05) is 34.1 Å². The summed E-state index contributed by atoms with van der Waals surface area (Å²) in [4.78, 5) is 2.81. The smallest absolute Gasteiger partial charge is 0.0332 e. The number of piperazine rings is 1. The van der Waals surface area contributed by atoms with Crippen LogP contribution >= 0.6 is 0 Å². The van der Waals surface area contributed by atoms with Gasteiger partial charge in [0.2, 0.25) is 0 Å². The number of nitrogens with one attached hydrogen (secondary N) is 1. The summed E-state index contributed by atoms with van der Waals surface area (Å²) in [5.41, 5.74) is 0.403. The molecule has 1 N–H and O–H groups in total. The van der Waals surface area contributed by atoms with Crippen molar-refractivity contribution in [2.75, 3.05) is 13.1 Å². The quantitative estimate of drug-likeness (QED) is 0.765. The number of nitrogens with zero attached hydrogens (tertiary/aromatic N) is 1. The minimum absolute atomic E-state index is 0.403. The van der Waals surface area contributed by atoms with Gasteiger partial charge in [0.1, 0.15) is 0 Å². The van der Waals surface area contributed by atoms with Crippen LogP contribution in [0.1, 0.15) is 66.7 Å². The number of hydrogen-bond donors (Lipinski definition) is 1. The Labute approximate surface area is 108 Å². The van der Waals surface area contributed by atoms with Gasteiger partial charge in [-0.05, 0) is 32.6 Å². The summed E-state index contributed by atoms with van der Waals surface area (Å²) in [6.45, 7) is 14.1. The Bertz CT molecular complexity index is 211. The van der Waals surface area contributed by atoms with Crippen molar-refractivity contribution in [2.24, 2.45) is 0 Å². The predicted molar refractivity (Wildman–Crippen MR) is 76.5 cm³/mol. The van der Waals surface area contributed by atoms with Crippen molar-refractivity contribution in [3.05, 3.63) is 0 Å². The molecule has 2 unspecified atom stereocenters. The minimum Gasteiger partial charge on any atom is -0.311 e. The lowest BCUT2D eigenvalue weighted by Gasteiger charge is -2.52. The average Bonchev–Trinajstić information content (AvgIpc) is 2.38. The third kappa shape index (κ3) is 3.23. The van der Waals surface area contributed by atoms with E-state index in [-0.39, 0.29) is 0 Å². The summed E-state index contributed by atoms with van der Waals surface area (Å²) in [6, 6.07) is 1.43. The molecule has 0 aromatic carbocycles. The van der Waals surface area contributed by atoms with Gasteiger partial charge in [0.05, 0.1) is 0 Å². The van der Waals surface area contributed by atoms with Crippen LogP contribution in [0.4, 0.5) is 0 Å². The Morgan fingerprint density at radius 1 is 1.24 bits per heavy atom. The van der Waals surface area contributed by atoms with E-state index >= 15 is 0 Å². The van der Waals surface area contributed by atoms with Gasteiger partial charge in [-0.25, -0.2) is 0 Å². The zero-order valence-electron chi connectivity index (χ0n) is 12.6. The summed E-state index contributed by atoms with van der Waals surface area (Å²) in [5.74, 6) is 0. The molecule has 0 aromatic heterocycles. The molecule has 1 rings (SSSR count). The Kier molecular flexibility index (Phi) is 5.94. The highest BCUT2D eigenvalue weighted by Crippen LogP contribution is 2.30. The fourth-order valence-corrected chi connectivity index (χ4v) is 3.33. The van der Waals surface area contributed by atoms with Gasteiger partial charge in [0.15, 0.2) is 0 Å². The molecule has 0 spiro atoms. The first-order valence-electron chi connectivity index (χ1n) is 7.63. The van der Waals surface area contributed by atoms with E-state index in [0.717, 1.165) is 6.04 Å². The van der Waals surface area contributed by atoms with E-state index in [9.17, 15) is 0 Å². The van der Waals surface area contributed by atoms with Crippen molar-refractivity contribution in [3.8, 4) is 0 Å². The molecule has 1 heterocycles. The molecule has 2 nitrogen and oxygen atoms in total. The van der Waals surface area contributed by atoms with Gasteiger partial charge in [0.25, 0.3) is 0 Å². The minimum atomic E-state index is 0.403. The second kappa shape index (κ2) is 6.75. The van der Waals surface area contributed by atoms with Gasteiger partial charge < -0.3 is 5.32 Å². The van der Waals surface area contributed by atoms with Crippen LogP contribution in [0.5, 0.6) is 0 Å². The molecule has 0 aliphatic carbocycles. The van der Waals surface area contributed by atoms with E-state index in [1.165, 1.54) is 45.2 Å². The van der Waals surface area contributed by atoms with Crippen molar-refractivity contribution >= 4 is 0 Å². The van der Waals surface area contributed by atoms with E-state index < -0.39 is 0 Å². The summed E-state index contributed by atoms with van der Waals surface area (Å²) >= 11 is 0. The first-order chi connectivity index (χ1) is 8.13. The highest BCUT2D eigenvalue weighted by Gasteiger charge is 2.40. The third-order valence-electron chi connectivity index (χ3n) is 4.79. The van der Waals surface area contributed by atoms with Crippen LogP contribution in [0.25, 0.3) is 0 Å². The van der Waals surface area contributed by atoms with Crippen LogP contribution < -0.4 is 5.32 Å². The normalized spacial score (nSPS) is 27.0. The van der Waals surface area contributed by atoms with Crippen molar-refractivity contribution in [3.63, 3.8) is 0 Å². The lowest BCUT2D eigenvalue weighted by molar-refractivity contribution is -0.00261. The molecule has 2 atom stereocenters. The largest absolute Gasteiger partial charge is 0.311 e. The van der Waals surface area contributed by atoms with Crippen molar-refractivity contribution in [1.82, 2.24) is 10.2 Å². The zero-order valence-corrected chi connectivity index (χ0v) is 12.6. The average molecular weight is 240 g/mol. The maximum Gasteiger partial charge on any atom is 0.0332 e. The summed E-state index contributed by atoms with van der Waals surface area (Å²) in [5, 5.41) is 3.75. The molecule has 1 saturated heterocycles. The second-order valence-electron chi connectivity index (χ2n) is 5.71. The SMILES string of the molecule is CCCC(C)N1CC(CC)NCC1(CC)CC. The number of rotatable bonds is 6. The standard InChI is InChI=1S/C15H32N2/c1-6-10-13(5)17-11-14(7-2)16-12-15(17,8-3)9-4/h13-14,16H,6-12H2,1-5H3. The van der Waals surface area contributed by atoms with Crippen LogP contribution in [-0.2, 0) is 0 Å². The third-order valence-corrected chi connectivity index (χ3v) is 4.79. The van der Waals surface area contributed by atoms with E-state index in [1.807, 2.05) is 0 Å². The van der Waals surface area contributed by atoms with Gasteiger partial charge in [-0.3, -0.25) is 4.90 Å². The van der Waals surface area contributed by atoms with Crippen molar-refractivity contribution < 1.29 is 0 Å². The van der Waals surface area contributed by atoms with Gasteiger partial charge in [0, 0.05) is 30.7 Å². The molecule has 17 heavy (non-hydrogen) atoms. The molecule has 1 aliphatic rings. The predicted octanol–water partition coefficient (Wildman–Crippen LogP) is 3.42. The molecule has 0 radical (unpaired) electrons. The Balaban J connectivity index is 2.80. The number of hydrogen-bond acceptors (Lipinski definition) is 2. The highest BCUT2D eigenvalue weighted by atomic mass is 15.3. The Morgan fingerprint density at radius 3 is 2.35 bits per heavy atom. The highest BCUT2D eigenvalue weighted by molar-refractivity contribution is 4.99. The van der Waals surface area contributed by atoms with Crippen LogP contribution in [0, 0.1) is 0 Å². The van der Waals surface area contributed by atoms with E-state index in [0.29, 0.717) is 11.6 Å². The van der Waals surface area contributed by atoms with Crippen molar-refractivity contribution in [2.45, 2.75) is 84.3 Å². The van der Waals surface area contributed by atoms with E-state index in [4.69, 9.17) is 0 Å². The fraction of sp³-hybridized carbons (Fsp3) is 1.00. The molecular formula is C15H32N2. The molecule has 102 valence electrons. The monoisotopic (exact) mass is 240 g/mol. The maximum atomic E-state index is 3.75. The first-order valence-corrected chi connectivity index (χ1v) is 7.63.